The minimum atomic E-state index is -2.18. The summed E-state index contributed by atoms with van der Waals surface area (Å²) in [6.07, 6.45) is -6.52. The first kappa shape index (κ1) is 110. The lowest BCUT2D eigenvalue weighted by molar-refractivity contribution is -0.393. The van der Waals surface area contributed by atoms with Gasteiger partial charge in [-0.3, -0.25) is 134 Å². The highest BCUT2D eigenvalue weighted by Gasteiger charge is 2.40. The van der Waals surface area contributed by atoms with Crippen molar-refractivity contribution >= 4 is 156 Å². The number of nitrogens with two attached hydrogens (primary N) is 5. The molecule has 744 valence electrons. The second-order valence-electron chi connectivity index (χ2n) is 32.4. The molecule has 57 nitrogen and oxygen atoms in total. The van der Waals surface area contributed by atoms with Gasteiger partial charge in [0, 0.05) is 45.6 Å². The Bertz CT molecular complexity index is 5320. The number of rotatable bonds is 45. The Labute approximate surface area is 777 Å². The van der Waals surface area contributed by atoms with Gasteiger partial charge in [0.2, 0.25) is 65.0 Å². The van der Waals surface area contributed by atoms with E-state index in [0.29, 0.717) is 49.1 Å². The molecule has 0 bridgehead atoms. The maximum atomic E-state index is 15.4. The zero-order chi connectivity index (χ0) is 102. The van der Waals surface area contributed by atoms with Crippen molar-refractivity contribution in [1.29, 1.82) is 0 Å². The molecular weight excluding hydrogens is 1820 g/mol. The fourth-order valence-corrected chi connectivity index (χ4v) is 14.0. The van der Waals surface area contributed by atoms with Gasteiger partial charge in [0.05, 0.1) is 75.9 Å². The summed E-state index contributed by atoms with van der Waals surface area (Å²) in [4.78, 5) is 253. The summed E-state index contributed by atoms with van der Waals surface area (Å²) in [6, 6.07) is -6.43. The molecule has 5 aromatic carbocycles. The smallest absolute Gasteiger partial charge is 0.299 e. The Kier molecular flexibility index (Phi) is 41.3. The Morgan fingerprint density at radius 1 is 0.438 bits per heavy atom. The van der Waals surface area contributed by atoms with E-state index in [-0.39, 0.29) is 24.4 Å². The topological polar surface area (TPSA) is 884 Å². The second kappa shape index (κ2) is 51.7. The molecule has 5 aromatic rings. The fourth-order valence-electron chi connectivity index (χ4n) is 14.0. The van der Waals surface area contributed by atoms with Crippen LogP contribution in [0.15, 0.2) is 78.9 Å². The number of hydrogen-bond donors (Lipinski definition) is 22. The molecule has 0 radical (unpaired) electrons. The molecule has 0 saturated carbocycles. The molecule has 1 aliphatic rings. The second-order valence-corrected chi connectivity index (χ2v) is 32.4. The van der Waals surface area contributed by atoms with Crippen LogP contribution in [0.3, 0.4) is 0 Å². The summed E-state index contributed by atoms with van der Waals surface area (Å²) in [6.45, 7) is 5.39. The Hall–Kier alpha value is -16.2. The largest absolute Gasteiger partial charge is 0.393 e. The zero-order valence-electron chi connectivity index (χ0n) is 74.9. The van der Waals surface area contributed by atoms with Gasteiger partial charge in [-0.15, -0.1) is 0 Å². The van der Waals surface area contributed by atoms with Gasteiger partial charge < -0.3 is 119 Å². The van der Waals surface area contributed by atoms with E-state index in [0.717, 1.165) is 44.5 Å². The molecule has 11 amide bonds. The number of benzene rings is 5. The van der Waals surface area contributed by atoms with Crippen LogP contribution in [0.25, 0.3) is 0 Å². The predicted molar refractivity (Wildman–Crippen MR) is 491 cm³/mol. The van der Waals surface area contributed by atoms with E-state index in [1.165, 1.54) is 12.1 Å². The average Bonchev–Trinajstić information content (AvgIpc) is 0.884. The van der Waals surface area contributed by atoms with Gasteiger partial charge in [0.15, 0.2) is 0 Å². The van der Waals surface area contributed by atoms with E-state index in [4.69, 9.17) is 28.7 Å². The van der Waals surface area contributed by atoms with Crippen LogP contribution in [0.2, 0.25) is 0 Å². The number of hydrogen-bond acceptors (Lipinski definition) is 38. The van der Waals surface area contributed by atoms with Crippen molar-refractivity contribution in [2.45, 2.75) is 198 Å². The van der Waals surface area contributed by atoms with Crippen molar-refractivity contribution in [2.75, 3.05) is 83.5 Å². The van der Waals surface area contributed by atoms with Crippen LogP contribution in [0.4, 0.5) is 91.0 Å². The summed E-state index contributed by atoms with van der Waals surface area (Å²) in [7, 11) is 0. The van der Waals surface area contributed by atoms with Crippen LogP contribution in [0.1, 0.15) is 124 Å². The standard InChI is InChI=1S/C80H110N28O29/c1-7-40(4)13-11-12-16-68(111)91-49(18-24-86-54-31-44(82)60(101(122)123)35-64(54)105(130)131)75(116)100-70(42(6)110)80(121)96-52(20-26-88-56-33-46(84)62(103(126)127)37-66(56)107(134)135)74(115)93-51-22-28-90-79(120)69(41(5)109)99-76(117)53(21-27-89-57-34-47(85)63(104(128)129)38-67(57)108(136)137)94-73(114)50(19-25-87-55-32-45(83)61(102(124)125)36-65(55)106(132)133)95-77(118)58(29-39(2)3)97-78(119)59(30-43-14-9-8-10-15-43)98-71(112)48(17-23-81)92-72(51)113/h8-10,14-15,31-42,48-53,58-59,69-70,86-89,109-110H,7,11-13,16-30,81-85H2,1-6H3,(H,90,120)(H,91,111)(H,92,113)(H,93,115)(H,94,114)(H,95,118)(H,96,121)(H,97,119)(H,98,112)(H,99,117)(H,100,116)/t40?,41-,42-,48+,49+,50+,51+,52+,53+,58+,59-,69-,70-/m1/s1. The number of anilines is 8. The highest BCUT2D eigenvalue weighted by atomic mass is 16.7. The lowest BCUT2D eigenvalue weighted by Gasteiger charge is -2.29. The van der Waals surface area contributed by atoms with Crippen molar-refractivity contribution in [3.8, 4) is 0 Å². The van der Waals surface area contributed by atoms with Crippen molar-refractivity contribution in [1.82, 2.24) is 58.5 Å². The monoisotopic (exact) mass is 1930 g/mol. The number of nitrogen functional groups attached to an aromatic ring is 4. The van der Waals surface area contributed by atoms with Gasteiger partial charge in [0.25, 0.3) is 45.5 Å². The van der Waals surface area contributed by atoms with E-state index in [1.807, 2.05) is 13.8 Å². The molecule has 1 aliphatic heterocycles. The molecule has 1 saturated heterocycles. The van der Waals surface area contributed by atoms with Gasteiger partial charge in [-0.05, 0) is 113 Å². The Morgan fingerprint density at radius 3 is 1.22 bits per heavy atom. The van der Waals surface area contributed by atoms with Crippen molar-refractivity contribution in [3.63, 3.8) is 0 Å². The number of amides is 11. The first-order valence-corrected chi connectivity index (χ1v) is 42.8. The van der Waals surface area contributed by atoms with Crippen molar-refractivity contribution < 1.29 is 102 Å². The number of nitrogens with one attached hydrogen (secondary N) is 15. The first-order valence-electron chi connectivity index (χ1n) is 42.8. The average molecular weight is 1930 g/mol. The van der Waals surface area contributed by atoms with E-state index < -0.39 is 352 Å². The van der Waals surface area contributed by atoms with Crippen molar-refractivity contribution in [3.05, 3.63) is 165 Å². The fraction of sp³-hybridized carbons (Fsp3) is 0.487. The van der Waals surface area contributed by atoms with Gasteiger partial charge >= 0.3 is 0 Å². The van der Waals surface area contributed by atoms with Gasteiger partial charge in [-0.1, -0.05) is 77.3 Å². The van der Waals surface area contributed by atoms with E-state index in [2.05, 4.69) is 79.8 Å². The number of aliphatic hydroxyl groups excluding tert-OH is 2. The number of nitrogens with zero attached hydrogens (tertiary/aromatic N) is 8. The molecule has 0 aromatic heterocycles. The molecule has 1 heterocycles. The summed E-state index contributed by atoms with van der Waals surface area (Å²) >= 11 is 0. The summed E-state index contributed by atoms with van der Waals surface area (Å²) in [5.74, 6) is -14.0. The summed E-state index contributed by atoms with van der Waals surface area (Å²) < 4.78 is 0. The maximum absolute atomic E-state index is 15.4. The molecular formula is C80H110N28O29. The maximum Gasteiger partial charge on any atom is 0.299 e. The molecule has 57 heteroatoms. The minimum absolute atomic E-state index is 0.171. The normalized spacial score (nSPS) is 18.3. The molecule has 0 aliphatic carbocycles. The third-order valence-electron chi connectivity index (χ3n) is 21.6. The highest BCUT2D eigenvalue weighted by molar-refractivity contribution is 6.00. The number of nitro benzene ring substituents is 8. The van der Waals surface area contributed by atoms with E-state index >= 15 is 33.6 Å². The quantitative estimate of drug-likeness (QED) is 0.0112. The summed E-state index contributed by atoms with van der Waals surface area (Å²) in [5, 5.41) is 156. The van der Waals surface area contributed by atoms with Crippen LogP contribution < -0.4 is 108 Å². The minimum Gasteiger partial charge on any atom is -0.393 e. The number of nitro groups is 8. The molecule has 13 atom stereocenters. The Balaban J connectivity index is 1.49. The van der Waals surface area contributed by atoms with Crippen LogP contribution in [-0.4, -0.2) is 226 Å². The molecule has 6 rings (SSSR count). The highest BCUT2D eigenvalue weighted by Crippen LogP contribution is 2.39. The Morgan fingerprint density at radius 2 is 0.818 bits per heavy atom. The van der Waals surface area contributed by atoms with Crippen LogP contribution >= 0.6 is 0 Å². The SMILES string of the molecule is CCC(C)CCCCC(=O)N[C@@H](CCNc1cc(N)c([N+](=O)[O-])cc1[N+](=O)[O-])C(=O)N[C@@H](C(=O)N[C@@H](CCNc1cc(N)c([N+](=O)[O-])cc1[N+](=O)[O-])C(=O)N[C@H]1CCNC(=O)[C@@H]([C@@H](C)O)NC(=O)[C@H](CCNc2cc(N)c([N+](=O)[O-])cc2[N+](=O)[O-])NC(=O)[C@H](CCNc2cc(N)c([N+](=O)[O-])cc2[N+](=O)[O-])NC(=O)[C@H](CC(C)C)NC(=O)[C@@H](Cc2ccccc2)NC(=O)[C@H](CCN)NC1=O)[C@@H](C)O. The van der Waals surface area contributed by atoms with E-state index in [9.17, 15) is 110 Å². The van der Waals surface area contributed by atoms with Crippen LogP contribution in [0, 0.1) is 92.8 Å². The number of carbonyl (C=O) groups is 11. The number of aliphatic hydroxyl groups is 2. The van der Waals surface area contributed by atoms with Gasteiger partial charge in [-0.2, -0.15) is 0 Å². The molecule has 1 unspecified atom stereocenters. The third kappa shape index (κ3) is 32.6. The van der Waals surface area contributed by atoms with Crippen LogP contribution in [-0.2, 0) is 59.2 Å². The van der Waals surface area contributed by atoms with Gasteiger partial charge in [-0.25, -0.2) is 0 Å². The van der Waals surface area contributed by atoms with Gasteiger partial charge in [0.1, 0.15) is 106 Å². The molecule has 27 N–H and O–H groups in total. The summed E-state index contributed by atoms with van der Waals surface area (Å²) in [5.41, 5.74) is 18.8. The zero-order valence-corrected chi connectivity index (χ0v) is 74.9. The lowest BCUT2D eigenvalue weighted by atomic mass is 10.00. The number of unbranched alkanes of at least 4 members (excludes halogenated alkanes) is 1. The predicted octanol–water partition coefficient (Wildman–Crippen LogP) is 0.963. The van der Waals surface area contributed by atoms with Crippen molar-refractivity contribution in [2.24, 2.45) is 17.6 Å². The van der Waals surface area contributed by atoms with Crippen LogP contribution in [0.5, 0.6) is 0 Å². The lowest BCUT2D eigenvalue weighted by Crippen LogP contribution is -2.62. The molecule has 0 spiro atoms. The number of carbonyl (C=O) groups excluding carboxylic acids is 11. The third-order valence-corrected chi connectivity index (χ3v) is 21.6. The molecule has 137 heavy (non-hydrogen) atoms. The molecule has 1 fully saturated rings. The first-order chi connectivity index (χ1) is 64.5. The van der Waals surface area contributed by atoms with E-state index in [1.54, 1.807) is 32.0 Å².